The zero-order valence-corrected chi connectivity index (χ0v) is 13.8. The number of aryl methyl sites for hydroxylation is 1. The zero-order valence-electron chi connectivity index (χ0n) is 13.8. The predicted molar refractivity (Wildman–Crippen MR) is 87.6 cm³/mol. The molecule has 1 N–H and O–H groups in total. The van der Waals surface area contributed by atoms with Crippen LogP contribution in [0.15, 0.2) is 18.2 Å². The van der Waals surface area contributed by atoms with Gasteiger partial charge in [-0.15, -0.1) is 0 Å². The molecule has 1 aliphatic heterocycles. The number of ether oxygens (including phenoxy) is 1. The van der Waals surface area contributed by atoms with Gasteiger partial charge in [-0.3, -0.25) is 24.6 Å². The zero-order chi connectivity index (χ0) is 17.7. The number of likely N-dealkylation sites (tertiary alicyclic amines) is 1. The predicted octanol–water partition coefficient (Wildman–Crippen LogP) is 1.73. The lowest BCUT2D eigenvalue weighted by atomic mass is 9.97. The van der Waals surface area contributed by atoms with Gasteiger partial charge in [0.15, 0.2) is 0 Å². The fraction of sp³-hybridized carbons (Fsp3) is 0.500. The van der Waals surface area contributed by atoms with E-state index in [9.17, 15) is 19.7 Å². The lowest BCUT2D eigenvalue weighted by molar-refractivity contribution is -0.384. The van der Waals surface area contributed by atoms with E-state index in [0.717, 1.165) is 0 Å². The molecule has 8 nitrogen and oxygen atoms in total. The summed E-state index contributed by atoms with van der Waals surface area (Å²) < 4.78 is 4.73. The Kier molecular flexibility index (Phi) is 5.86. The number of carbonyl (C=O) groups excluding carboxylic acids is 2. The van der Waals surface area contributed by atoms with Crippen molar-refractivity contribution in [3.8, 4) is 0 Å². The highest BCUT2D eigenvalue weighted by Gasteiger charge is 2.27. The molecule has 2 rings (SSSR count). The summed E-state index contributed by atoms with van der Waals surface area (Å²) in [6.07, 6.45) is 1.29. The van der Waals surface area contributed by atoms with Crippen LogP contribution in [0.1, 0.15) is 18.4 Å². The molecule has 1 fully saturated rings. The van der Waals surface area contributed by atoms with Crippen LogP contribution in [0, 0.1) is 23.0 Å². The van der Waals surface area contributed by atoms with Crippen LogP contribution >= 0.6 is 0 Å². The molecule has 0 bridgehead atoms. The number of carbonyl (C=O) groups is 2. The number of para-hydroxylation sites is 1. The lowest BCUT2D eigenvalue weighted by Crippen LogP contribution is -2.41. The first-order chi connectivity index (χ1) is 11.4. The highest BCUT2D eigenvalue weighted by Crippen LogP contribution is 2.27. The van der Waals surface area contributed by atoms with E-state index in [1.54, 1.807) is 19.1 Å². The van der Waals surface area contributed by atoms with Crippen molar-refractivity contribution in [2.75, 3.05) is 32.1 Å². The Hall–Kier alpha value is -2.48. The molecule has 1 aromatic rings. The standard InChI is InChI=1S/C16H21N3O5/c1-11-4-3-5-13(19(22)23)15(11)17-14(20)10-18-8-6-12(7-9-18)16(21)24-2/h3-5,12H,6-10H2,1-2H3,(H,17,20). The van der Waals surface area contributed by atoms with Crippen molar-refractivity contribution in [1.82, 2.24) is 4.90 Å². The van der Waals surface area contributed by atoms with Crippen LogP contribution in [0.4, 0.5) is 11.4 Å². The van der Waals surface area contributed by atoms with Crippen LogP contribution in [0.25, 0.3) is 0 Å². The van der Waals surface area contributed by atoms with E-state index in [0.29, 0.717) is 31.5 Å². The number of nitro groups is 1. The van der Waals surface area contributed by atoms with E-state index in [4.69, 9.17) is 4.74 Å². The van der Waals surface area contributed by atoms with Crippen molar-refractivity contribution in [2.24, 2.45) is 5.92 Å². The number of nitrogens with one attached hydrogen (secondary N) is 1. The molecule has 0 aliphatic carbocycles. The molecule has 130 valence electrons. The molecular formula is C16H21N3O5. The van der Waals surface area contributed by atoms with Gasteiger partial charge in [0.2, 0.25) is 5.91 Å². The number of piperidine rings is 1. The van der Waals surface area contributed by atoms with E-state index in [1.807, 2.05) is 4.90 Å². The monoisotopic (exact) mass is 335 g/mol. The maximum atomic E-state index is 12.2. The molecule has 1 aromatic carbocycles. The Bertz CT molecular complexity index is 639. The number of rotatable bonds is 5. The van der Waals surface area contributed by atoms with Gasteiger partial charge in [-0.1, -0.05) is 12.1 Å². The van der Waals surface area contributed by atoms with Gasteiger partial charge in [0, 0.05) is 6.07 Å². The van der Waals surface area contributed by atoms with Crippen LogP contribution < -0.4 is 5.32 Å². The summed E-state index contributed by atoms with van der Waals surface area (Å²) in [6.45, 7) is 3.08. The number of hydrogen-bond donors (Lipinski definition) is 1. The summed E-state index contributed by atoms with van der Waals surface area (Å²) in [5.41, 5.74) is 0.756. The number of nitrogens with zero attached hydrogens (tertiary/aromatic N) is 2. The van der Waals surface area contributed by atoms with Crippen LogP contribution in [0.3, 0.4) is 0 Å². The van der Waals surface area contributed by atoms with Crippen molar-refractivity contribution >= 4 is 23.3 Å². The van der Waals surface area contributed by atoms with Crippen molar-refractivity contribution < 1.29 is 19.2 Å². The van der Waals surface area contributed by atoms with Gasteiger partial charge in [0.05, 0.1) is 24.5 Å². The fourth-order valence-electron chi connectivity index (χ4n) is 2.84. The maximum absolute atomic E-state index is 12.2. The molecule has 0 atom stereocenters. The molecule has 1 aliphatic rings. The Morgan fingerprint density at radius 2 is 2.04 bits per heavy atom. The van der Waals surface area contributed by atoms with Crippen molar-refractivity contribution in [3.63, 3.8) is 0 Å². The lowest BCUT2D eigenvalue weighted by Gasteiger charge is -2.29. The molecule has 0 unspecified atom stereocenters. The second kappa shape index (κ2) is 7.87. The average molecular weight is 335 g/mol. The van der Waals surface area contributed by atoms with Crippen molar-refractivity contribution in [3.05, 3.63) is 33.9 Å². The molecule has 24 heavy (non-hydrogen) atoms. The van der Waals surface area contributed by atoms with Crippen molar-refractivity contribution in [2.45, 2.75) is 19.8 Å². The summed E-state index contributed by atoms with van der Waals surface area (Å²) in [6, 6.07) is 4.66. The van der Waals surface area contributed by atoms with E-state index in [2.05, 4.69) is 5.32 Å². The minimum atomic E-state index is -0.509. The second-order valence-corrected chi connectivity index (χ2v) is 5.85. The highest BCUT2D eigenvalue weighted by molar-refractivity contribution is 5.95. The smallest absolute Gasteiger partial charge is 0.308 e. The SMILES string of the molecule is COC(=O)C1CCN(CC(=O)Nc2c(C)cccc2[N+](=O)[O-])CC1. The largest absolute Gasteiger partial charge is 0.469 e. The molecule has 8 heteroatoms. The number of anilines is 1. The van der Waals surface area contributed by atoms with Crippen LogP contribution in [0.2, 0.25) is 0 Å². The number of methoxy groups -OCH3 is 1. The maximum Gasteiger partial charge on any atom is 0.308 e. The Balaban J connectivity index is 1.93. The topological polar surface area (TPSA) is 102 Å². The summed E-state index contributed by atoms with van der Waals surface area (Å²) in [4.78, 5) is 36.2. The molecule has 0 aromatic heterocycles. The Morgan fingerprint density at radius 1 is 1.38 bits per heavy atom. The van der Waals surface area contributed by atoms with Crippen LogP contribution in [-0.4, -0.2) is 48.4 Å². The number of amides is 1. The first kappa shape index (κ1) is 17.9. The van der Waals surface area contributed by atoms with E-state index in [1.165, 1.54) is 13.2 Å². The van der Waals surface area contributed by atoms with Crippen molar-refractivity contribution in [1.29, 1.82) is 0 Å². The molecule has 1 heterocycles. The Morgan fingerprint density at radius 3 is 2.62 bits per heavy atom. The first-order valence-corrected chi connectivity index (χ1v) is 7.76. The number of esters is 1. The molecular weight excluding hydrogens is 314 g/mol. The summed E-state index contributed by atoms with van der Waals surface area (Å²) >= 11 is 0. The number of benzene rings is 1. The highest BCUT2D eigenvalue weighted by atomic mass is 16.6. The first-order valence-electron chi connectivity index (χ1n) is 7.76. The second-order valence-electron chi connectivity index (χ2n) is 5.85. The van der Waals surface area contributed by atoms with Gasteiger partial charge in [-0.25, -0.2) is 0 Å². The number of nitro benzene ring substituents is 1. The van der Waals surface area contributed by atoms with Gasteiger partial charge in [0.1, 0.15) is 5.69 Å². The molecule has 1 amide bonds. The van der Waals surface area contributed by atoms with E-state index in [-0.39, 0.29) is 35.7 Å². The minimum Gasteiger partial charge on any atom is -0.469 e. The van der Waals surface area contributed by atoms with Gasteiger partial charge in [-0.05, 0) is 38.4 Å². The van der Waals surface area contributed by atoms with Gasteiger partial charge < -0.3 is 10.1 Å². The normalized spacial score (nSPS) is 15.8. The Labute approximate surface area is 139 Å². The summed E-state index contributed by atoms with van der Waals surface area (Å²) in [7, 11) is 1.37. The fourth-order valence-corrected chi connectivity index (χ4v) is 2.84. The third-order valence-electron chi connectivity index (χ3n) is 4.20. The molecule has 0 saturated carbocycles. The minimum absolute atomic E-state index is 0.118. The number of hydrogen-bond acceptors (Lipinski definition) is 6. The molecule has 0 radical (unpaired) electrons. The summed E-state index contributed by atoms with van der Waals surface area (Å²) in [5, 5.41) is 13.7. The quantitative estimate of drug-likeness (QED) is 0.499. The van der Waals surface area contributed by atoms with Gasteiger partial charge in [0.25, 0.3) is 5.69 Å². The van der Waals surface area contributed by atoms with Crippen LogP contribution in [-0.2, 0) is 14.3 Å². The van der Waals surface area contributed by atoms with Gasteiger partial charge in [-0.2, -0.15) is 0 Å². The van der Waals surface area contributed by atoms with E-state index >= 15 is 0 Å². The third-order valence-corrected chi connectivity index (χ3v) is 4.20. The average Bonchev–Trinajstić information content (AvgIpc) is 2.56. The molecule has 1 saturated heterocycles. The van der Waals surface area contributed by atoms with Gasteiger partial charge >= 0.3 is 5.97 Å². The summed E-state index contributed by atoms with van der Waals surface area (Å²) in [5.74, 6) is -0.634. The third kappa shape index (κ3) is 4.29. The molecule has 0 spiro atoms. The van der Waals surface area contributed by atoms with E-state index < -0.39 is 4.92 Å². The van der Waals surface area contributed by atoms with Crippen LogP contribution in [0.5, 0.6) is 0 Å².